The molecule has 0 aromatic rings. The van der Waals surface area contributed by atoms with E-state index in [1.807, 2.05) is 23.9 Å². The van der Waals surface area contributed by atoms with Crippen molar-refractivity contribution < 1.29 is 46.9 Å². The van der Waals surface area contributed by atoms with Gasteiger partial charge in [0, 0.05) is 51.9 Å². The molecule has 12 nitrogen and oxygen atoms in total. The van der Waals surface area contributed by atoms with Gasteiger partial charge in [0.15, 0.2) is 0 Å². The van der Waals surface area contributed by atoms with Gasteiger partial charge in [-0.25, -0.2) is 0 Å². The van der Waals surface area contributed by atoms with Crippen LogP contribution in [0.15, 0.2) is 0 Å². The second-order valence-corrected chi connectivity index (χ2v) is 27.3. The average Bonchev–Trinajstić information content (AvgIpc) is 3.70. The molecular weight excluding hydrogens is 1110 g/mol. The Labute approximate surface area is 540 Å². The summed E-state index contributed by atoms with van der Waals surface area (Å²) in [5, 5.41) is 18.6. The van der Waals surface area contributed by atoms with Crippen LogP contribution in [0.4, 0.5) is 0 Å². The molecule has 0 bridgehead atoms. The third-order valence-corrected chi connectivity index (χ3v) is 17.6. The van der Waals surface area contributed by atoms with Gasteiger partial charge in [0.1, 0.15) is 23.1 Å². The summed E-state index contributed by atoms with van der Waals surface area (Å²) in [7, 11) is -0.861. The molecule has 0 fully saturated rings. The maximum Gasteiger partial charge on any atom is 0.394 e. The van der Waals surface area contributed by atoms with Crippen LogP contribution < -0.4 is 0 Å². The zero-order chi connectivity index (χ0) is 65.0. The Hall–Kier alpha value is -1.61. The first-order chi connectivity index (χ1) is 42.1. The second kappa shape index (κ2) is 71.8. The highest BCUT2D eigenvalue weighted by Gasteiger charge is 2.28. The largest absolute Gasteiger partial charge is 0.395 e. The van der Waals surface area contributed by atoms with Crippen LogP contribution in [0.25, 0.3) is 0 Å². The topological polar surface area (TPSA) is 190 Å². The molecule has 0 aliphatic heterocycles. The predicted octanol–water partition coefficient (Wildman–Crippen LogP) is 20.6. The molecule has 0 radical (unpaired) electrons. The van der Waals surface area contributed by atoms with E-state index in [0.29, 0.717) is 51.9 Å². The summed E-state index contributed by atoms with van der Waals surface area (Å²) in [6.45, 7) is 11.1. The summed E-state index contributed by atoms with van der Waals surface area (Å²) in [4.78, 5) is 56.1. The molecule has 0 rings (SSSR count). The van der Waals surface area contributed by atoms with Crippen molar-refractivity contribution in [3.63, 3.8) is 0 Å². The van der Waals surface area contributed by atoms with Crippen molar-refractivity contribution in [2.24, 2.45) is 11.8 Å². The van der Waals surface area contributed by atoms with Gasteiger partial charge in [-0.1, -0.05) is 336 Å². The zero-order valence-corrected chi connectivity index (χ0v) is 59.4. The molecule has 0 aromatic heterocycles. The lowest BCUT2D eigenvalue weighted by Crippen LogP contribution is -2.37. The van der Waals surface area contributed by atoms with E-state index in [0.717, 1.165) is 51.4 Å². The minimum Gasteiger partial charge on any atom is -0.395 e. The third kappa shape index (κ3) is 73.3. The van der Waals surface area contributed by atoms with Crippen LogP contribution in [-0.4, -0.2) is 114 Å². The van der Waals surface area contributed by atoms with Gasteiger partial charge in [-0.2, -0.15) is 8.42 Å². The number of likely N-dealkylation sites (N-methyl/N-ethyl adjacent to an activating group) is 2. The molecule has 87 heavy (non-hydrogen) atoms. The first kappa shape index (κ1) is 89.6. The van der Waals surface area contributed by atoms with E-state index in [4.69, 9.17) is 17.5 Å². The van der Waals surface area contributed by atoms with Gasteiger partial charge in [0.25, 0.3) is 0 Å². The second-order valence-electron chi connectivity index (χ2n) is 26.4. The maximum absolute atomic E-state index is 13.0. The van der Waals surface area contributed by atoms with Crippen molar-refractivity contribution in [2.75, 3.05) is 53.5 Å². The highest BCUT2D eigenvalue weighted by molar-refractivity contribution is 7.79. The summed E-state index contributed by atoms with van der Waals surface area (Å²) in [6.07, 6.45) is 69.3. The van der Waals surface area contributed by atoms with Crippen molar-refractivity contribution in [3.05, 3.63) is 0 Å². The van der Waals surface area contributed by atoms with Crippen molar-refractivity contribution in [1.82, 2.24) is 9.80 Å². The first-order valence-electron chi connectivity index (χ1n) is 37.5. The molecule has 4 N–H and O–H groups in total. The Kier molecular flexibility index (Phi) is 74.0. The SMILES string of the molecule is CCCCCCCCCCCCCCCC(=O)C(CN(C)CCO)C(=O)CCCCCCCCCCCCCCC.CCCCCCCCCCCCCCCC(=O)C(CN(C)CCO)C(=O)CCCCCCCCCCCCCCC.O=S(=O)(O)O. The van der Waals surface area contributed by atoms with Crippen molar-refractivity contribution in [2.45, 2.75) is 387 Å². The lowest BCUT2D eigenvalue weighted by Gasteiger charge is -2.22. The molecule has 520 valence electrons. The number of hydrogen-bond acceptors (Lipinski definition) is 10. The Morgan fingerprint density at radius 1 is 0.276 bits per heavy atom. The number of carbonyl (C=O) groups is 4. The van der Waals surface area contributed by atoms with Gasteiger partial charge < -0.3 is 20.0 Å². The minimum absolute atomic E-state index is 0.0588. The number of nitrogens with zero attached hydrogens (tertiary/aromatic N) is 2. The van der Waals surface area contributed by atoms with Crippen LogP contribution in [0.1, 0.15) is 387 Å². The maximum atomic E-state index is 13.0. The van der Waals surface area contributed by atoms with E-state index in [1.54, 1.807) is 0 Å². The number of aliphatic hydroxyl groups excluding tert-OH is 2. The highest BCUT2D eigenvalue weighted by atomic mass is 32.3. The van der Waals surface area contributed by atoms with E-state index in [1.165, 1.54) is 283 Å². The zero-order valence-electron chi connectivity index (χ0n) is 58.5. The minimum atomic E-state index is -4.67. The van der Waals surface area contributed by atoms with Crippen molar-refractivity contribution in [3.8, 4) is 0 Å². The molecule has 0 saturated heterocycles. The Balaban J connectivity index is -0.00000150. The van der Waals surface area contributed by atoms with Crippen LogP contribution >= 0.6 is 0 Å². The Morgan fingerprint density at radius 3 is 0.529 bits per heavy atom. The molecular formula is C74H148N2O10S. The molecule has 0 aromatic carbocycles. The monoisotopic (exact) mass is 1260 g/mol. The predicted molar refractivity (Wildman–Crippen MR) is 372 cm³/mol. The summed E-state index contributed by atoms with van der Waals surface area (Å²) in [5.41, 5.74) is 0. The summed E-state index contributed by atoms with van der Waals surface area (Å²) >= 11 is 0. The van der Waals surface area contributed by atoms with Crippen LogP contribution in [0.5, 0.6) is 0 Å². The van der Waals surface area contributed by atoms with Gasteiger partial charge in [0.05, 0.1) is 25.0 Å². The molecule has 13 heteroatoms. The summed E-state index contributed by atoms with van der Waals surface area (Å²) in [6, 6.07) is 0. The fourth-order valence-corrected chi connectivity index (χ4v) is 11.9. The van der Waals surface area contributed by atoms with Crippen LogP contribution in [0.3, 0.4) is 0 Å². The highest BCUT2D eigenvalue weighted by Crippen LogP contribution is 2.21. The van der Waals surface area contributed by atoms with Gasteiger partial charge in [0.2, 0.25) is 0 Å². The normalized spacial score (nSPS) is 11.7. The number of unbranched alkanes of at least 4 members (excludes halogenated alkanes) is 48. The number of carbonyl (C=O) groups excluding carboxylic acids is 4. The number of rotatable bonds is 68. The summed E-state index contributed by atoms with van der Waals surface area (Å²) < 4.78 is 31.6. The van der Waals surface area contributed by atoms with E-state index in [-0.39, 0.29) is 36.3 Å². The quantitative estimate of drug-likeness (QED) is 0.0257. The van der Waals surface area contributed by atoms with Crippen molar-refractivity contribution >= 4 is 33.5 Å². The van der Waals surface area contributed by atoms with E-state index < -0.39 is 22.2 Å². The smallest absolute Gasteiger partial charge is 0.394 e. The lowest BCUT2D eigenvalue weighted by atomic mass is 9.91. The molecule has 0 atom stereocenters. The molecule has 0 aliphatic rings. The molecule has 0 saturated carbocycles. The molecule has 0 spiro atoms. The first-order valence-corrected chi connectivity index (χ1v) is 38.9. The summed E-state index contributed by atoms with van der Waals surface area (Å²) in [5.74, 6) is -0.535. The van der Waals surface area contributed by atoms with Crippen molar-refractivity contribution in [1.29, 1.82) is 0 Å². The average molecular weight is 1260 g/mol. The molecule has 0 unspecified atom stereocenters. The van der Waals surface area contributed by atoms with Crippen LogP contribution in [0.2, 0.25) is 0 Å². The number of aliphatic hydroxyl groups is 2. The van der Waals surface area contributed by atoms with E-state index >= 15 is 0 Å². The van der Waals surface area contributed by atoms with Gasteiger partial charge in [-0.05, 0) is 39.8 Å². The number of ketones is 4. The van der Waals surface area contributed by atoms with E-state index in [9.17, 15) is 29.4 Å². The van der Waals surface area contributed by atoms with Gasteiger partial charge in [-0.15, -0.1) is 0 Å². The lowest BCUT2D eigenvalue weighted by molar-refractivity contribution is -0.135. The fourth-order valence-electron chi connectivity index (χ4n) is 11.9. The molecule has 0 amide bonds. The third-order valence-electron chi connectivity index (χ3n) is 17.6. The van der Waals surface area contributed by atoms with Gasteiger partial charge in [-0.3, -0.25) is 28.3 Å². The number of hydrogen-bond donors (Lipinski definition) is 4. The molecule has 0 aliphatic carbocycles. The standard InChI is InChI=1S/2C37H73NO3.H2O4S/c2*1-4-6-8-10-12-14-16-18-20-22-24-26-28-30-36(40)35(34-38(3)32-33-39)37(41)31-29-27-25-23-21-19-17-15-13-11-9-7-5-2;1-5(2,3)4/h2*35,39H,4-34H2,1-3H3;(H2,1,2,3,4). The Bertz CT molecular complexity index is 1380. The fraction of sp³-hybridized carbons (Fsp3) is 0.946. The number of Topliss-reactive ketones (excluding diaryl/α,β-unsaturated/α-hetero) is 4. The van der Waals surface area contributed by atoms with Crippen LogP contribution in [-0.2, 0) is 29.6 Å². The molecule has 0 heterocycles. The Morgan fingerprint density at radius 2 is 0.402 bits per heavy atom. The van der Waals surface area contributed by atoms with Gasteiger partial charge >= 0.3 is 10.4 Å². The van der Waals surface area contributed by atoms with Crippen LogP contribution in [0, 0.1) is 11.8 Å². The van der Waals surface area contributed by atoms with E-state index in [2.05, 4.69) is 27.7 Å².